The number of nitrogens with one attached hydrogen (secondary N) is 1. The van der Waals surface area contributed by atoms with Crippen LogP contribution in [-0.4, -0.2) is 63.4 Å². The Morgan fingerprint density at radius 1 is 1.23 bits per heavy atom. The number of piperazine rings is 1. The fraction of sp³-hybridized carbons (Fsp3) is 0.308. The summed E-state index contributed by atoms with van der Waals surface area (Å²) in [7, 11) is 0. The summed E-state index contributed by atoms with van der Waals surface area (Å²) in [4.78, 5) is 45.2. The van der Waals surface area contributed by atoms with E-state index in [2.05, 4.69) is 10.5 Å². The van der Waals surface area contributed by atoms with E-state index in [1.165, 1.54) is 40.5 Å². The van der Waals surface area contributed by atoms with Crippen molar-refractivity contribution >= 4 is 35.1 Å². The van der Waals surface area contributed by atoms with E-state index < -0.39 is 23.0 Å². The number of amidine groups is 1. The van der Waals surface area contributed by atoms with Gasteiger partial charge < -0.3 is 19.5 Å². The molecule has 0 saturated carbocycles. The number of amides is 3. The van der Waals surface area contributed by atoms with E-state index in [9.17, 15) is 19.7 Å². The number of rotatable bonds is 6. The Morgan fingerprint density at radius 2 is 2.00 bits per heavy atom. The molecule has 2 aliphatic heterocycles. The summed E-state index contributed by atoms with van der Waals surface area (Å²) in [6, 6.07) is 9.51. The summed E-state index contributed by atoms with van der Waals surface area (Å²) >= 11 is 6.14. The van der Waals surface area contributed by atoms with Crippen molar-refractivity contribution in [3.8, 4) is 5.75 Å². The quantitative estimate of drug-likeness (QED) is 0.358. The molecular weight excluding hydrogens is 528 g/mol. The highest BCUT2D eigenvalue weighted by molar-refractivity contribution is 6.30. The second-order valence-corrected chi connectivity index (χ2v) is 9.82. The van der Waals surface area contributed by atoms with Gasteiger partial charge in [-0.2, -0.15) is 0 Å². The maximum absolute atomic E-state index is 14.1. The van der Waals surface area contributed by atoms with Crippen LogP contribution < -0.4 is 10.1 Å². The van der Waals surface area contributed by atoms with E-state index in [0.29, 0.717) is 29.2 Å². The van der Waals surface area contributed by atoms with E-state index in [1.54, 1.807) is 26.0 Å². The highest BCUT2D eigenvalue weighted by atomic mass is 35.5. The molecule has 39 heavy (non-hydrogen) atoms. The van der Waals surface area contributed by atoms with Crippen LogP contribution in [0.5, 0.6) is 5.75 Å². The molecule has 202 valence electrons. The van der Waals surface area contributed by atoms with Crippen LogP contribution in [0.25, 0.3) is 0 Å². The molecule has 1 fully saturated rings. The lowest BCUT2D eigenvalue weighted by molar-refractivity contribution is -0.384. The van der Waals surface area contributed by atoms with Gasteiger partial charge in [-0.1, -0.05) is 28.9 Å². The molecule has 3 heterocycles. The van der Waals surface area contributed by atoms with Crippen molar-refractivity contribution in [3.63, 3.8) is 0 Å². The van der Waals surface area contributed by atoms with Gasteiger partial charge in [-0.25, -0.2) is 4.79 Å². The number of nitro groups is 1. The number of carbonyl (C=O) groups is 2. The van der Waals surface area contributed by atoms with Gasteiger partial charge in [0.25, 0.3) is 5.69 Å². The Hall–Kier alpha value is -4.45. The first-order valence-electron chi connectivity index (χ1n) is 12.3. The maximum Gasteiger partial charge on any atom is 0.326 e. The highest BCUT2D eigenvalue weighted by Gasteiger charge is 2.46. The Morgan fingerprint density at radius 3 is 2.64 bits per heavy atom. The van der Waals surface area contributed by atoms with Crippen LogP contribution in [0, 0.1) is 10.1 Å². The molecule has 2 atom stereocenters. The first kappa shape index (κ1) is 26.2. The van der Waals surface area contributed by atoms with E-state index in [1.807, 2.05) is 12.1 Å². The number of non-ortho nitro benzene ring substituents is 1. The fourth-order valence-electron chi connectivity index (χ4n) is 4.67. The van der Waals surface area contributed by atoms with Crippen LogP contribution in [0.3, 0.4) is 0 Å². The van der Waals surface area contributed by atoms with Crippen LogP contribution in [0.4, 0.5) is 10.5 Å². The van der Waals surface area contributed by atoms with Crippen LogP contribution in [-0.2, 0) is 4.79 Å². The molecule has 0 radical (unpaired) electrons. The predicted octanol–water partition coefficient (Wildman–Crippen LogP) is 4.12. The third kappa shape index (κ3) is 5.28. The number of nitrogens with zero attached hydrogens (tertiary/aromatic N) is 5. The predicted molar refractivity (Wildman–Crippen MR) is 141 cm³/mol. The number of ether oxygens (including phenoxy) is 1. The Labute approximate surface area is 228 Å². The summed E-state index contributed by atoms with van der Waals surface area (Å²) < 4.78 is 11.1. The lowest BCUT2D eigenvalue weighted by Crippen LogP contribution is -2.55. The van der Waals surface area contributed by atoms with Gasteiger partial charge in [0.05, 0.1) is 34.9 Å². The molecule has 13 heteroatoms. The zero-order chi connectivity index (χ0) is 27.7. The molecule has 2 aromatic carbocycles. The standard InChI is InChI=1S/C26H25ClN6O6/c1-15(2)39-21-11-19(33(36)37)7-8-20(21)25-30-23(16-3-5-18(27)6-4-16)24(17-12-29-38-14-17)32(25)26(35)31-10-9-28-22(34)13-31/h3-8,11-12,14-15,23-24H,9-10,13H2,1-2H3,(H,28,34)/t23-,24+/m0/s1. The van der Waals surface area contributed by atoms with Crippen molar-refractivity contribution in [2.24, 2.45) is 4.99 Å². The van der Waals surface area contributed by atoms with E-state index in [0.717, 1.165) is 5.56 Å². The number of hydrogen-bond donors (Lipinski definition) is 1. The van der Waals surface area contributed by atoms with Gasteiger partial charge in [0.1, 0.15) is 30.4 Å². The third-order valence-corrected chi connectivity index (χ3v) is 6.62. The largest absolute Gasteiger partial charge is 0.490 e. The molecule has 3 aromatic rings. The molecule has 1 saturated heterocycles. The minimum absolute atomic E-state index is 0.125. The van der Waals surface area contributed by atoms with Gasteiger partial charge in [0, 0.05) is 29.7 Å². The molecule has 0 bridgehead atoms. The zero-order valence-corrected chi connectivity index (χ0v) is 21.9. The van der Waals surface area contributed by atoms with Crippen molar-refractivity contribution in [3.05, 3.63) is 86.8 Å². The van der Waals surface area contributed by atoms with Crippen molar-refractivity contribution in [2.75, 3.05) is 19.6 Å². The first-order chi connectivity index (χ1) is 18.7. The van der Waals surface area contributed by atoms with Crippen LogP contribution in [0.15, 0.2) is 64.4 Å². The summed E-state index contributed by atoms with van der Waals surface area (Å²) in [5.74, 6) is 0.165. The molecule has 2 aliphatic rings. The van der Waals surface area contributed by atoms with Gasteiger partial charge in [-0.05, 0) is 37.6 Å². The Balaban J connectivity index is 1.70. The summed E-state index contributed by atoms with van der Waals surface area (Å²) in [5, 5.41) is 18.6. The summed E-state index contributed by atoms with van der Waals surface area (Å²) in [6.07, 6.45) is 2.64. The topological polar surface area (TPSA) is 143 Å². The van der Waals surface area contributed by atoms with E-state index in [4.69, 9.17) is 25.9 Å². The molecule has 0 aliphatic carbocycles. The summed E-state index contributed by atoms with van der Waals surface area (Å²) in [5.41, 5.74) is 1.57. The number of nitro benzene ring substituents is 1. The number of benzene rings is 2. The normalized spacial score (nSPS) is 19.2. The zero-order valence-electron chi connectivity index (χ0n) is 21.1. The van der Waals surface area contributed by atoms with Crippen molar-refractivity contribution in [1.82, 2.24) is 20.3 Å². The molecule has 1 N–H and O–H groups in total. The molecular formula is C26H25ClN6O6. The second kappa shape index (κ2) is 10.7. The maximum atomic E-state index is 14.1. The van der Waals surface area contributed by atoms with Crippen LogP contribution in [0.1, 0.15) is 42.6 Å². The highest BCUT2D eigenvalue weighted by Crippen LogP contribution is 2.45. The number of halogens is 1. The fourth-order valence-corrected chi connectivity index (χ4v) is 4.79. The SMILES string of the molecule is CC(C)Oc1cc([N+](=O)[O-])ccc1C1=N[C@@H](c2ccc(Cl)cc2)[C@@H](c2cnoc2)N1C(=O)N1CCNC(=O)C1. The van der Waals surface area contributed by atoms with Crippen LogP contribution in [0.2, 0.25) is 5.02 Å². The van der Waals surface area contributed by atoms with Gasteiger partial charge in [-0.3, -0.25) is 24.8 Å². The lowest BCUT2D eigenvalue weighted by atomic mass is 9.96. The molecule has 0 unspecified atom stereocenters. The number of hydrogen-bond acceptors (Lipinski definition) is 8. The molecule has 1 aromatic heterocycles. The smallest absolute Gasteiger partial charge is 0.326 e. The van der Waals surface area contributed by atoms with Gasteiger partial charge >= 0.3 is 6.03 Å². The molecule has 0 spiro atoms. The van der Waals surface area contributed by atoms with Crippen molar-refractivity contribution < 1.29 is 23.8 Å². The number of aromatic nitrogens is 1. The first-order valence-corrected chi connectivity index (χ1v) is 12.6. The molecule has 3 amide bonds. The molecule has 5 rings (SSSR count). The van der Waals surface area contributed by atoms with Crippen molar-refractivity contribution in [2.45, 2.75) is 32.0 Å². The van der Waals surface area contributed by atoms with Gasteiger partial charge in [0.2, 0.25) is 5.91 Å². The lowest BCUT2D eigenvalue weighted by Gasteiger charge is -2.35. The van der Waals surface area contributed by atoms with Crippen LogP contribution >= 0.6 is 11.6 Å². The average molecular weight is 553 g/mol. The minimum Gasteiger partial charge on any atom is -0.490 e. The van der Waals surface area contributed by atoms with Crippen molar-refractivity contribution in [1.29, 1.82) is 0 Å². The number of urea groups is 1. The number of carbonyl (C=O) groups excluding carboxylic acids is 2. The van der Waals surface area contributed by atoms with E-state index >= 15 is 0 Å². The second-order valence-electron chi connectivity index (χ2n) is 9.38. The minimum atomic E-state index is -0.702. The van der Waals surface area contributed by atoms with E-state index in [-0.39, 0.29) is 35.8 Å². The Bertz CT molecular complexity index is 1430. The molecule has 12 nitrogen and oxygen atoms in total. The monoisotopic (exact) mass is 552 g/mol. The average Bonchev–Trinajstić information content (AvgIpc) is 3.56. The van der Waals surface area contributed by atoms with Gasteiger partial charge in [0.15, 0.2) is 0 Å². The van der Waals surface area contributed by atoms with Gasteiger partial charge in [-0.15, -0.1) is 0 Å². The summed E-state index contributed by atoms with van der Waals surface area (Å²) in [6.45, 7) is 4.07. The number of aliphatic imine (C=N–C) groups is 1. The third-order valence-electron chi connectivity index (χ3n) is 6.37. The Kier molecular flexibility index (Phi) is 7.20.